The maximum atomic E-state index is 12.9. The fourth-order valence-electron chi connectivity index (χ4n) is 3.38. The Balaban J connectivity index is 1.51. The Morgan fingerprint density at radius 1 is 0.875 bits per heavy atom. The highest BCUT2D eigenvalue weighted by Gasteiger charge is 2.67. The Morgan fingerprint density at radius 2 is 1.53 bits per heavy atom. The van der Waals surface area contributed by atoms with Crippen molar-refractivity contribution < 1.29 is 9.59 Å². The van der Waals surface area contributed by atoms with Crippen molar-refractivity contribution in [2.75, 3.05) is 10.6 Å². The van der Waals surface area contributed by atoms with Crippen LogP contribution in [-0.2, 0) is 4.79 Å². The maximum absolute atomic E-state index is 12.9. The predicted octanol–water partition coefficient (Wildman–Crippen LogP) is 6.22. The van der Waals surface area contributed by atoms with E-state index >= 15 is 0 Å². The Hall–Kier alpha value is -2.09. The summed E-state index contributed by atoms with van der Waals surface area (Å²) in [5.74, 6) is -2.13. The molecule has 2 unspecified atom stereocenters. The number of anilines is 2. The molecule has 0 saturated heterocycles. The second-order valence-electron chi connectivity index (χ2n) is 7.10. The molecule has 4 rings (SSSR count). The number of amides is 2. The van der Waals surface area contributed by atoms with Crippen LogP contribution in [0.3, 0.4) is 0 Å². The molecule has 2 amide bonds. The topological polar surface area (TPSA) is 84.0 Å². The van der Waals surface area contributed by atoms with Crippen LogP contribution in [0.2, 0.25) is 15.1 Å². The van der Waals surface area contributed by atoms with Gasteiger partial charge in [-0.2, -0.15) is 0 Å². The fraction of sp³-hybridized carbons (Fsp3) is 0.143. The zero-order chi connectivity index (χ0) is 23.0. The number of nitrogens with one attached hydrogen (secondary N) is 2. The SMILES string of the molecule is O=C(Nc1cncnc1)c1cc(NC(=O)C2C(c3cc(Cl)cc(Cl)c3)C2(Cl)Cl)ccc1Cl. The molecule has 3 aromatic rings. The minimum atomic E-state index is -1.32. The fourth-order valence-corrected chi connectivity index (χ4v) is 4.96. The Morgan fingerprint density at radius 3 is 2.19 bits per heavy atom. The van der Waals surface area contributed by atoms with Gasteiger partial charge in [-0.1, -0.05) is 34.8 Å². The average molecular weight is 531 g/mol. The molecule has 164 valence electrons. The maximum Gasteiger partial charge on any atom is 0.257 e. The van der Waals surface area contributed by atoms with Gasteiger partial charge in [0.2, 0.25) is 5.91 Å². The first kappa shape index (κ1) is 23.1. The summed E-state index contributed by atoms with van der Waals surface area (Å²) < 4.78 is -1.32. The first-order valence-corrected chi connectivity index (χ1v) is 11.1. The van der Waals surface area contributed by atoms with Gasteiger partial charge in [-0.25, -0.2) is 9.97 Å². The zero-order valence-corrected chi connectivity index (χ0v) is 19.7. The third kappa shape index (κ3) is 4.80. The van der Waals surface area contributed by atoms with Gasteiger partial charge in [-0.05, 0) is 42.0 Å². The molecule has 1 aliphatic carbocycles. The van der Waals surface area contributed by atoms with Crippen LogP contribution >= 0.6 is 58.0 Å². The van der Waals surface area contributed by atoms with Gasteiger partial charge in [0.05, 0.1) is 34.6 Å². The van der Waals surface area contributed by atoms with Crippen molar-refractivity contribution in [2.45, 2.75) is 10.3 Å². The highest BCUT2D eigenvalue weighted by Crippen LogP contribution is 2.65. The van der Waals surface area contributed by atoms with Crippen LogP contribution < -0.4 is 10.6 Å². The highest BCUT2D eigenvalue weighted by molar-refractivity contribution is 6.53. The quantitative estimate of drug-likeness (QED) is 0.384. The van der Waals surface area contributed by atoms with Gasteiger partial charge in [-0.3, -0.25) is 9.59 Å². The lowest BCUT2D eigenvalue weighted by molar-refractivity contribution is -0.117. The number of alkyl halides is 2. The van der Waals surface area contributed by atoms with Gasteiger partial charge in [0.1, 0.15) is 10.7 Å². The summed E-state index contributed by atoms with van der Waals surface area (Å²) >= 11 is 31.1. The largest absolute Gasteiger partial charge is 0.326 e. The summed E-state index contributed by atoms with van der Waals surface area (Å²) in [5.41, 5.74) is 1.57. The average Bonchev–Trinajstić information content (AvgIpc) is 3.31. The van der Waals surface area contributed by atoms with E-state index in [1.807, 2.05) is 0 Å². The number of carbonyl (C=O) groups excluding carboxylic acids is 2. The van der Waals surface area contributed by atoms with Gasteiger partial charge in [0.25, 0.3) is 5.91 Å². The van der Waals surface area contributed by atoms with Crippen LogP contribution in [0.15, 0.2) is 55.1 Å². The summed E-state index contributed by atoms with van der Waals surface area (Å²) in [5, 5.41) is 6.42. The van der Waals surface area contributed by atoms with Crippen LogP contribution in [0.5, 0.6) is 0 Å². The van der Waals surface area contributed by atoms with E-state index in [-0.39, 0.29) is 10.6 Å². The zero-order valence-electron chi connectivity index (χ0n) is 16.0. The Kier molecular flexibility index (Phi) is 6.52. The molecule has 6 nitrogen and oxygen atoms in total. The Labute approximate surface area is 208 Å². The summed E-state index contributed by atoms with van der Waals surface area (Å²) in [6.07, 6.45) is 4.23. The molecule has 1 fully saturated rings. The molecule has 2 aromatic carbocycles. The van der Waals surface area contributed by atoms with E-state index in [4.69, 9.17) is 58.0 Å². The monoisotopic (exact) mass is 528 g/mol. The van der Waals surface area contributed by atoms with Crippen LogP contribution in [0.1, 0.15) is 21.8 Å². The summed E-state index contributed by atoms with van der Waals surface area (Å²) in [7, 11) is 0. The third-order valence-corrected chi connectivity index (χ3v) is 6.58. The molecular formula is C21H13Cl5N4O2. The van der Waals surface area contributed by atoms with E-state index < -0.39 is 28.0 Å². The van der Waals surface area contributed by atoms with Crippen molar-refractivity contribution in [3.63, 3.8) is 0 Å². The lowest BCUT2D eigenvalue weighted by Crippen LogP contribution is -2.18. The summed E-state index contributed by atoms with van der Waals surface area (Å²) in [6.45, 7) is 0. The van der Waals surface area contributed by atoms with E-state index in [2.05, 4.69) is 20.6 Å². The number of hydrogen-bond acceptors (Lipinski definition) is 4. The first-order valence-electron chi connectivity index (χ1n) is 9.17. The number of benzene rings is 2. The summed E-state index contributed by atoms with van der Waals surface area (Å²) in [4.78, 5) is 33.2. The van der Waals surface area contributed by atoms with Crippen LogP contribution in [0.4, 0.5) is 11.4 Å². The van der Waals surface area contributed by atoms with Crippen LogP contribution in [0, 0.1) is 5.92 Å². The molecule has 2 N–H and O–H groups in total. The lowest BCUT2D eigenvalue weighted by atomic mass is 10.1. The lowest BCUT2D eigenvalue weighted by Gasteiger charge is -2.10. The van der Waals surface area contributed by atoms with E-state index in [9.17, 15) is 9.59 Å². The normalized spacial score (nSPS) is 18.7. The number of aromatic nitrogens is 2. The number of rotatable bonds is 5. The van der Waals surface area contributed by atoms with Crippen LogP contribution in [0.25, 0.3) is 0 Å². The second-order valence-corrected chi connectivity index (χ2v) is 9.82. The van der Waals surface area contributed by atoms with Gasteiger partial charge in [0.15, 0.2) is 0 Å². The molecule has 0 spiro atoms. The van der Waals surface area contributed by atoms with Crippen molar-refractivity contribution in [1.29, 1.82) is 0 Å². The van der Waals surface area contributed by atoms with E-state index in [0.29, 0.717) is 27.0 Å². The molecule has 0 radical (unpaired) electrons. The minimum Gasteiger partial charge on any atom is -0.326 e. The second kappa shape index (κ2) is 9.04. The van der Waals surface area contributed by atoms with Crippen molar-refractivity contribution in [3.8, 4) is 0 Å². The molecule has 2 atom stereocenters. The smallest absolute Gasteiger partial charge is 0.257 e. The standard InChI is InChI=1S/C21H13Cl5N4O2/c22-11-3-10(4-12(23)5-11)17-18(21(17,25)26)20(32)29-13-1-2-16(24)15(6-13)19(31)30-14-7-27-9-28-8-14/h1-9,17-18H,(H,29,32)(H,30,31). The van der Waals surface area contributed by atoms with Gasteiger partial charge < -0.3 is 10.6 Å². The number of hydrogen-bond donors (Lipinski definition) is 2. The molecule has 32 heavy (non-hydrogen) atoms. The molecule has 1 aliphatic rings. The van der Waals surface area contributed by atoms with E-state index in [1.165, 1.54) is 30.9 Å². The number of carbonyl (C=O) groups is 2. The molecule has 0 aliphatic heterocycles. The summed E-state index contributed by atoms with van der Waals surface area (Å²) in [6, 6.07) is 9.45. The van der Waals surface area contributed by atoms with Gasteiger partial charge in [-0.15, -0.1) is 23.2 Å². The van der Waals surface area contributed by atoms with Crippen molar-refractivity contribution >= 4 is 81.2 Å². The molecule has 1 saturated carbocycles. The molecular weight excluding hydrogens is 518 g/mol. The van der Waals surface area contributed by atoms with E-state index in [1.54, 1.807) is 24.3 Å². The van der Waals surface area contributed by atoms with Crippen molar-refractivity contribution in [3.05, 3.63) is 81.3 Å². The first-order chi connectivity index (χ1) is 15.2. The predicted molar refractivity (Wildman–Crippen MR) is 127 cm³/mol. The third-order valence-electron chi connectivity index (χ3n) is 4.88. The molecule has 11 heteroatoms. The van der Waals surface area contributed by atoms with Gasteiger partial charge in [0, 0.05) is 21.7 Å². The van der Waals surface area contributed by atoms with Crippen LogP contribution in [-0.4, -0.2) is 26.1 Å². The van der Waals surface area contributed by atoms with Gasteiger partial charge >= 0.3 is 0 Å². The number of halogens is 5. The Bertz CT molecular complexity index is 1190. The molecule has 0 bridgehead atoms. The molecule has 1 aromatic heterocycles. The number of nitrogens with zero attached hydrogens (tertiary/aromatic N) is 2. The minimum absolute atomic E-state index is 0.158. The van der Waals surface area contributed by atoms with Crippen molar-refractivity contribution in [2.24, 2.45) is 5.92 Å². The highest BCUT2D eigenvalue weighted by atomic mass is 35.5. The molecule has 1 heterocycles. The van der Waals surface area contributed by atoms with E-state index in [0.717, 1.165) is 0 Å². The van der Waals surface area contributed by atoms with Crippen molar-refractivity contribution in [1.82, 2.24) is 9.97 Å².